The molecule has 0 aliphatic carbocycles. The molecule has 94 valence electrons. The maximum absolute atomic E-state index is 8.90. The fraction of sp³-hybridized carbons (Fsp3) is 0.200. The van der Waals surface area contributed by atoms with Crippen molar-refractivity contribution in [3.05, 3.63) is 52.1 Å². The molecule has 3 aromatic rings. The molecule has 0 atom stereocenters. The third-order valence-corrected chi connectivity index (χ3v) is 4.18. The van der Waals surface area contributed by atoms with E-state index in [-0.39, 0.29) is 0 Å². The molecule has 0 amide bonds. The number of rotatable bonds is 3. The zero-order chi connectivity index (χ0) is 13.2. The number of aryl methyl sites for hydroxylation is 1. The average molecular weight is 267 g/mol. The Labute approximate surface area is 115 Å². The molecule has 1 aromatic carbocycles. The normalized spacial score (nSPS) is 10.7. The van der Waals surface area contributed by atoms with Crippen LogP contribution in [0.5, 0.6) is 0 Å². The van der Waals surface area contributed by atoms with Crippen molar-refractivity contribution in [1.82, 2.24) is 9.55 Å². The molecule has 19 heavy (non-hydrogen) atoms. The first-order valence-corrected chi connectivity index (χ1v) is 7.10. The molecule has 0 saturated carbocycles. The Hall–Kier alpha value is -2.12. The van der Waals surface area contributed by atoms with E-state index in [4.69, 9.17) is 5.26 Å². The van der Waals surface area contributed by atoms with E-state index in [1.165, 1.54) is 5.01 Å². The van der Waals surface area contributed by atoms with Crippen LogP contribution in [-0.2, 0) is 13.0 Å². The van der Waals surface area contributed by atoms with Gasteiger partial charge in [0.1, 0.15) is 0 Å². The van der Waals surface area contributed by atoms with Gasteiger partial charge in [-0.2, -0.15) is 5.26 Å². The fourth-order valence-corrected chi connectivity index (χ4v) is 2.90. The molecule has 0 saturated heterocycles. The van der Waals surface area contributed by atoms with Crippen LogP contribution in [0.15, 0.2) is 35.8 Å². The number of aromatic nitrogens is 2. The Morgan fingerprint density at radius 2 is 2.26 bits per heavy atom. The van der Waals surface area contributed by atoms with Gasteiger partial charge in [-0.05, 0) is 30.7 Å². The van der Waals surface area contributed by atoms with E-state index in [2.05, 4.69) is 34.1 Å². The van der Waals surface area contributed by atoms with E-state index in [0.717, 1.165) is 29.6 Å². The minimum absolute atomic E-state index is 0.701. The lowest BCUT2D eigenvalue weighted by Crippen LogP contribution is -1.98. The Morgan fingerprint density at radius 3 is 3.00 bits per heavy atom. The second-order valence-electron chi connectivity index (χ2n) is 4.42. The highest BCUT2D eigenvalue weighted by atomic mass is 32.1. The van der Waals surface area contributed by atoms with Crippen LogP contribution in [0.2, 0.25) is 0 Å². The maximum atomic E-state index is 8.90. The van der Waals surface area contributed by atoms with E-state index in [1.54, 1.807) is 11.3 Å². The van der Waals surface area contributed by atoms with Crippen molar-refractivity contribution < 1.29 is 0 Å². The second-order valence-corrected chi connectivity index (χ2v) is 5.36. The van der Waals surface area contributed by atoms with Crippen LogP contribution in [0.25, 0.3) is 10.9 Å². The molecule has 0 fully saturated rings. The van der Waals surface area contributed by atoms with E-state index in [9.17, 15) is 0 Å². The first-order chi connectivity index (χ1) is 9.30. The Bertz CT molecular complexity index is 761. The van der Waals surface area contributed by atoms with Crippen molar-refractivity contribution in [1.29, 1.82) is 5.26 Å². The van der Waals surface area contributed by atoms with Crippen LogP contribution >= 0.6 is 11.3 Å². The topological polar surface area (TPSA) is 41.6 Å². The molecule has 2 aromatic heterocycles. The highest BCUT2D eigenvalue weighted by molar-refractivity contribution is 7.09. The first-order valence-electron chi connectivity index (χ1n) is 6.22. The molecule has 0 bridgehead atoms. The van der Waals surface area contributed by atoms with Crippen molar-refractivity contribution in [2.75, 3.05) is 0 Å². The molecule has 3 nitrogen and oxygen atoms in total. The van der Waals surface area contributed by atoms with Gasteiger partial charge in [0, 0.05) is 22.5 Å². The van der Waals surface area contributed by atoms with Crippen molar-refractivity contribution >= 4 is 22.2 Å². The van der Waals surface area contributed by atoms with E-state index in [1.807, 2.05) is 24.3 Å². The molecule has 0 radical (unpaired) electrons. The van der Waals surface area contributed by atoms with Gasteiger partial charge in [-0.25, -0.2) is 4.98 Å². The van der Waals surface area contributed by atoms with Gasteiger partial charge < -0.3 is 4.57 Å². The van der Waals surface area contributed by atoms with Crippen LogP contribution in [0.4, 0.5) is 0 Å². The molecule has 0 aliphatic rings. The molecule has 0 N–H and O–H groups in total. The number of fused-ring (bicyclic) bond motifs is 1. The average Bonchev–Trinajstić information content (AvgIpc) is 3.06. The van der Waals surface area contributed by atoms with Gasteiger partial charge in [0.15, 0.2) is 0 Å². The summed E-state index contributed by atoms with van der Waals surface area (Å²) >= 11 is 1.72. The maximum Gasteiger partial charge on any atom is 0.0991 e. The second kappa shape index (κ2) is 4.87. The third-order valence-electron chi connectivity index (χ3n) is 3.13. The largest absolute Gasteiger partial charge is 0.341 e. The number of hydrogen-bond acceptors (Lipinski definition) is 3. The summed E-state index contributed by atoms with van der Waals surface area (Å²) in [7, 11) is 0. The fourth-order valence-electron chi connectivity index (χ4n) is 2.17. The minimum Gasteiger partial charge on any atom is -0.341 e. The van der Waals surface area contributed by atoms with Crippen LogP contribution in [0.1, 0.15) is 23.2 Å². The van der Waals surface area contributed by atoms with E-state index in [0.29, 0.717) is 5.56 Å². The lowest BCUT2D eigenvalue weighted by Gasteiger charge is -2.02. The highest BCUT2D eigenvalue weighted by Crippen LogP contribution is 2.19. The summed E-state index contributed by atoms with van der Waals surface area (Å²) in [6.45, 7) is 2.91. The van der Waals surface area contributed by atoms with Gasteiger partial charge in [-0.3, -0.25) is 0 Å². The molecular formula is C15H13N3S. The van der Waals surface area contributed by atoms with Gasteiger partial charge in [0.05, 0.1) is 28.9 Å². The van der Waals surface area contributed by atoms with Gasteiger partial charge in [0.25, 0.3) is 0 Å². The van der Waals surface area contributed by atoms with Gasteiger partial charge in [-0.1, -0.05) is 6.92 Å². The Balaban J connectivity index is 1.95. The lowest BCUT2D eigenvalue weighted by molar-refractivity contribution is 0.808. The predicted molar refractivity (Wildman–Crippen MR) is 77.2 cm³/mol. The van der Waals surface area contributed by atoms with E-state index >= 15 is 0 Å². The first kappa shape index (κ1) is 11.9. The minimum atomic E-state index is 0.701. The summed E-state index contributed by atoms with van der Waals surface area (Å²) < 4.78 is 2.17. The monoisotopic (exact) mass is 267 g/mol. The molecular weight excluding hydrogens is 254 g/mol. The molecule has 3 rings (SSSR count). The Kier molecular flexibility index (Phi) is 3.06. The number of thiazole rings is 1. The van der Waals surface area contributed by atoms with Gasteiger partial charge >= 0.3 is 0 Å². The quantitative estimate of drug-likeness (QED) is 0.728. The van der Waals surface area contributed by atoms with Gasteiger partial charge in [0.2, 0.25) is 0 Å². The van der Waals surface area contributed by atoms with Crippen molar-refractivity contribution in [3.8, 4) is 6.07 Å². The molecule has 4 heteroatoms. The van der Waals surface area contributed by atoms with Crippen molar-refractivity contribution in [2.45, 2.75) is 19.9 Å². The zero-order valence-electron chi connectivity index (χ0n) is 10.6. The molecule has 0 aliphatic heterocycles. The van der Waals surface area contributed by atoms with Crippen LogP contribution in [-0.4, -0.2) is 9.55 Å². The smallest absolute Gasteiger partial charge is 0.0991 e. The number of benzene rings is 1. The van der Waals surface area contributed by atoms with Crippen molar-refractivity contribution in [2.24, 2.45) is 0 Å². The summed E-state index contributed by atoms with van der Waals surface area (Å²) in [6.07, 6.45) is 3.04. The summed E-state index contributed by atoms with van der Waals surface area (Å²) in [4.78, 5) is 4.59. The number of nitrogens with zero attached hydrogens (tertiary/aromatic N) is 3. The van der Waals surface area contributed by atoms with Crippen molar-refractivity contribution in [3.63, 3.8) is 0 Å². The summed E-state index contributed by atoms with van der Waals surface area (Å²) in [5.41, 5.74) is 2.95. The predicted octanol–water partition coefficient (Wildman–Crippen LogP) is 3.58. The van der Waals surface area contributed by atoms with Crippen LogP contribution < -0.4 is 0 Å². The number of hydrogen-bond donors (Lipinski definition) is 0. The molecule has 2 heterocycles. The SMILES string of the molecule is CCc1nc(Cn2ccc3cc(C#N)ccc32)cs1. The van der Waals surface area contributed by atoms with Crippen LogP contribution in [0.3, 0.4) is 0 Å². The van der Waals surface area contributed by atoms with Gasteiger partial charge in [-0.15, -0.1) is 11.3 Å². The van der Waals surface area contributed by atoms with E-state index < -0.39 is 0 Å². The number of nitriles is 1. The third kappa shape index (κ3) is 2.25. The molecule has 0 spiro atoms. The molecule has 0 unspecified atom stereocenters. The standard InChI is InChI=1S/C15H13N3S/c1-2-15-17-13(10-19-15)9-18-6-5-12-7-11(8-16)3-4-14(12)18/h3-7,10H,2,9H2,1H3. The zero-order valence-corrected chi connectivity index (χ0v) is 11.4. The Morgan fingerprint density at radius 1 is 1.37 bits per heavy atom. The lowest BCUT2D eigenvalue weighted by atomic mass is 10.2. The van der Waals surface area contributed by atoms with Crippen LogP contribution in [0, 0.1) is 11.3 Å². The highest BCUT2D eigenvalue weighted by Gasteiger charge is 2.05. The summed E-state index contributed by atoms with van der Waals surface area (Å²) in [5.74, 6) is 0. The summed E-state index contributed by atoms with van der Waals surface area (Å²) in [6, 6.07) is 9.99. The summed E-state index contributed by atoms with van der Waals surface area (Å²) in [5, 5.41) is 13.3.